The number of hydrogen-bond donors (Lipinski definition) is 2. The second-order valence-electron chi connectivity index (χ2n) is 4.44. The Hall–Kier alpha value is -1.55. The number of anilines is 1. The number of ether oxygens (including phenoxy) is 1. The van der Waals surface area contributed by atoms with E-state index in [1.165, 1.54) is 0 Å². The maximum atomic E-state index is 11.6. The number of carbonyl (C=O) groups is 1. The van der Waals surface area contributed by atoms with Crippen molar-refractivity contribution in [1.82, 2.24) is 5.32 Å². The minimum Gasteiger partial charge on any atom is -0.385 e. The number of aryl methyl sites for hydroxylation is 1. The lowest BCUT2D eigenvalue weighted by atomic mass is 10.1. The van der Waals surface area contributed by atoms with E-state index in [1.807, 2.05) is 25.1 Å². The number of benzene rings is 1. The molecule has 0 aromatic heterocycles. The Kier molecular flexibility index (Phi) is 5.65. The minimum atomic E-state index is -0.0670. The van der Waals surface area contributed by atoms with E-state index in [4.69, 9.17) is 4.74 Å². The van der Waals surface area contributed by atoms with Gasteiger partial charge in [0.2, 0.25) is 0 Å². The monoisotopic (exact) mass is 250 g/mol. The molecule has 0 bridgehead atoms. The Bertz CT molecular complexity index is 405. The number of methoxy groups -OCH3 is 1. The zero-order valence-corrected chi connectivity index (χ0v) is 11.5. The molecule has 1 aromatic carbocycles. The first kappa shape index (κ1) is 14.5. The van der Waals surface area contributed by atoms with Crippen molar-refractivity contribution in [3.05, 3.63) is 29.3 Å². The third-order valence-electron chi connectivity index (χ3n) is 2.88. The fraction of sp³-hybridized carbons (Fsp3) is 0.500. The lowest BCUT2D eigenvalue weighted by molar-refractivity contribution is 0.0963. The van der Waals surface area contributed by atoms with E-state index in [0.717, 1.165) is 24.3 Å². The van der Waals surface area contributed by atoms with E-state index in [0.29, 0.717) is 11.6 Å². The van der Waals surface area contributed by atoms with Crippen LogP contribution in [0.4, 0.5) is 5.69 Å². The van der Waals surface area contributed by atoms with Crippen LogP contribution in [0.25, 0.3) is 0 Å². The van der Waals surface area contributed by atoms with Gasteiger partial charge >= 0.3 is 0 Å². The molecular weight excluding hydrogens is 228 g/mol. The summed E-state index contributed by atoms with van der Waals surface area (Å²) in [5.74, 6) is -0.0670. The van der Waals surface area contributed by atoms with Crippen molar-refractivity contribution in [2.45, 2.75) is 26.3 Å². The normalized spacial score (nSPS) is 12.0. The van der Waals surface area contributed by atoms with Crippen LogP contribution in [-0.4, -0.2) is 32.7 Å². The van der Waals surface area contributed by atoms with E-state index >= 15 is 0 Å². The zero-order valence-electron chi connectivity index (χ0n) is 11.5. The molecule has 4 heteroatoms. The summed E-state index contributed by atoms with van der Waals surface area (Å²) < 4.78 is 5.06. The number of nitrogens with one attached hydrogen (secondary N) is 2. The predicted molar refractivity (Wildman–Crippen MR) is 74.1 cm³/mol. The number of rotatable bonds is 6. The largest absolute Gasteiger partial charge is 0.385 e. The van der Waals surface area contributed by atoms with Gasteiger partial charge in [-0.2, -0.15) is 0 Å². The first-order valence-electron chi connectivity index (χ1n) is 6.16. The molecule has 0 aliphatic heterocycles. The summed E-state index contributed by atoms with van der Waals surface area (Å²) in [4.78, 5) is 11.6. The first-order chi connectivity index (χ1) is 8.58. The number of carbonyl (C=O) groups excluding carboxylic acids is 1. The predicted octanol–water partition coefficient (Wildman–Crippen LogP) is 2.19. The Morgan fingerprint density at radius 1 is 1.44 bits per heavy atom. The second kappa shape index (κ2) is 7.01. The van der Waals surface area contributed by atoms with Gasteiger partial charge in [-0.3, -0.25) is 4.79 Å². The molecule has 4 nitrogen and oxygen atoms in total. The molecule has 1 unspecified atom stereocenters. The molecule has 1 amide bonds. The molecule has 1 atom stereocenters. The summed E-state index contributed by atoms with van der Waals surface area (Å²) in [5.41, 5.74) is 2.80. The molecular formula is C14H22N2O2. The van der Waals surface area contributed by atoms with Crippen LogP contribution >= 0.6 is 0 Å². The third kappa shape index (κ3) is 4.04. The van der Waals surface area contributed by atoms with Gasteiger partial charge in [0.15, 0.2) is 0 Å². The molecule has 0 radical (unpaired) electrons. The van der Waals surface area contributed by atoms with Crippen molar-refractivity contribution in [1.29, 1.82) is 0 Å². The summed E-state index contributed by atoms with van der Waals surface area (Å²) in [6.07, 6.45) is 0.931. The fourth-order valence-electron chi connectivity index (χ4n) is 1.70. The Morgan fingerprint density at radius 2 is 2.17 bits per heavy atom. The smallest absolute Gasteiger partial charge is 0.251 e. The van der Waals surface area contributed by atoms with Gasteiger partial charge in [0.25, 0.3) is 5.91 Å². The van der Waals surface area contributed by atoms with Gasteiger partial charge in [0.05, 0.1) is 0 Å². The number of amides is 1. The standard InChI is InChI=1S/C14H22N2O2/c1-10-5-6-12(14(17)15-3)9-13(10)16-11(2)7-8-18-4/h5-6,9,11,16H,7-8H2,1-4H3,(H,15,17). The van der Waals surface area contributed by atoms with E-state index in [1.54, 1.807) is 14.2 Å². The quantitative estimate of drug-likeness (QED) is 0.813. The van der Waals surface area contributed by atoms with Gasteiger partial charge in [-0.1, -0.05) is 6.07 Å². The van der Waals surface area contributed by atoms with Crippen LogP contribution in [0.2, 0.25) is 0 Å². The highest BCUT2D eigenvalue weighted by Crippen LogP contribution is 2.18. The van der Waals surface area contributed by atoms with Crippen LogP contribution in [0, 0.1) is 6.92 Å². The van der Waals surface area contributed by atoms with Crippen molar-refractivity contribution < 1.29 is 9.53 Å². The van der Waals surface area contributed by atoms with E-state index < -0.39 is 0 Å². The third-order valence-corrected chi connectivity index (χ3v) is 2.88. The molecule has 0 fully saturated rings. The van der Waals surface area contributed by atoms with Crippen molar-refractivity contribution in [2.75, 3.05) is 26.1 Å². The van der Waals surface area contributed by atoms with Crippen molar-refractivity contribution in [2.24, 2.45) is 0 Å². The molecule has 0 aliphatic rings. The summed E-state index contributed by atoms with van der Waals surface area (Å²) in [6.45, 7) is 4.85. The van der Waals surface area contributed by atoms with Gasteiger partial charge in [-0.15, -0.1) is 0 Å². The van der Waals surface area contributed by atoms with Crippen LogP contribution < -0.4 is 10.6 Å². The molecule has 2 N–H and O–H groups in total. The fourth-order valence-corrected chi connectivity index (χ4v) is 1.70. The molecule has 0 aliphatic carbocycles. The van der Waals surface area contributed by atoms with E-state index in [9.17, 15) is 4.79 Å². The molecule has 1 rings (SSSR count). The summed E-state index contributed by atoms with van der Waals surface area (Å²) >= 11 is 0. The van der Waals surface area contributed by atoms with Crippen LogP contribution in [0.1, 0.15) is 29.3 Å². The molecule has 0 heterocycles. The van der Waals surface area contributed by atoms with Gasteiger partial charge in [-0.05, 0) is 38.0 Å². The molecule has 100 valence electrons. The average molecular weight is 250 g/mol. The van der Waals surface area contributed by atoms with E-state index in [2.05, 4.69) is 17.6 Å². The topological polar surface area (TPSA) is 50.4 Å². The zero-order chi connectivity index (χ0) is 13.5. The highest BCUT2D eigenvalue weighted by Gasteiger charge is 2.08. The van der Waals surface area contributed by atoms with Crippen molar-refractivity contribution in [3.63, 3.8) is 0 Å². The van der Waals surface area contributed by atoms with Crippen LogP contribution in [0.5, 0.6) is 0 Å². The van der Waals surface area contributed by atoms with E-state index in [-0.39, 0.29) is 5.91 Å². The maximum absolute atomic E-state index is 11.6. The molecule has 0 saturated carbocycles. The highest BCUT2D eigenvalue weighted by atomic mass is 16.5. The van der Waals surface area contributed by atoms with Gasteiger partial charge in [0, 0.05) is 38.1 Å². The van der Waals surface area contributed by atoms with Crippen molar-refractivity contribution in [3.8, 4) is 0 Å². The second-order valence-corrected chi connectivity index (χ2v) is 4.44. The lowest BCUT2D eigenvalue weighted by Crippen LogP contribution is -2.20. The minimum absolute atomic E-state index is 0.0670. The Balaban J connectivity index is 2.77. The van der Waals surface area contributed by atoms with Crippen LogP contribution in [0.3, 0.4) is 0 Å². The van der Waals surface area contributed by atoms with Gasteiger partial charge in [-0.25, -0.2) is 0 Å². The average Bonchev–Trinajstić information content (AvgIpc) is 2.38. The summed E-state index contributed by atoms with van der Waals surface area (Å²) in [5, 5.41) is 6.03. The SMILES string of the molecule is CNC(=O)c1ccc(C)c(NC(C)CCOC)c1. The first-order valence-corrected chi connectivity index (χ1v) is 6.16. The summed E-state index contributed by atoms with van der Waals surface area (Å²) in [7, 11) is 3.33. The maximum Gasteiger partial charge on any atom is 0.251 e. The summed E-state index contributed by atoms with van der Waals surface area (Å²) in [6, 6.07) is 5.98. The van der Waals surface area contributed by atoms with Crippen molar-refractivity contribution >= 4 is 11.6 Å². The number of hydrogen-bond acceptors (Lipinski definition) is 3. The molecule has 18 heavy (non-hydrogen) atoms. The van der Waals surface area contributed by atoms with Crippen LogP contribution in [0.15, 0.2) is 18.2 Å². The van der Waals surface area contributed by atoms with Gasteiger partial charge in [0.1, 0.15) is 0 Å². The molecule has 0 saturated heterocycles. The molecule has 0 spiro atoms. The molecule has 1 aromatic rings. The Labute approximate surface area is 109 Å². The highest BCUT2D eigenvalue weighted by molar-refractivity contribution is 5.95. The lowest BCUT2D eigenvalue weighted by Gasteiger charge is -2.17. The van der Waals surface area contributed by atoms with Crippen LogP contribution in [-0.2, 0) is 4.74 Å². The Morgan fingerprint density at radius 3 is 2.78 bits per heavy atom. The van der Waals surface area contributed by atoms with Gasteiger partial charge < -0.3 is 15.4 Å².